The number of nitrogens with zero attached hydrogens (tertiary/aromatic N) is 3. The Kier molecular flexibility index (Phi) is 3.95. The van der Waals surface area contributed by atoms with Gasteiger partial charge in [0.2, 0.25) is 0 Å². The summed E-state index contributed by atoms with van der Waals surface area (Å²) < 4.78 is 43.2. The van der Waals surface area contributed by atoms with Crippen LogP contribution in [0.1, 0.15) is 27.9 Å². The Hall–Kier alpha value is -1.83. The highest BCUT2D eigenvalue weighted by atomic mass is 79.9. The lowest BCUT2D eigenvalue weighted by Gasteiger charge is -2.36. The number of rotatable bonds is 2. The Labute approximate surface area is 139 Å². The van der Waals surface area contributed by atoms with Crippen LogP contribution in [0.3, 0.4) is 0 Å². The molecule has 2 heterocycles. The van der Waals surface area contributed by atoms with Crippen LogP contribution in [0.15, 0.2) is 34.9 Å². The number of aryl methyl sites for hydroxylation is 1. The summed E-state index contributed by atoms with van der Waals surface area (Å²) in [6, 6.07) is 3.87. The number of alkyl halides is 3. The molecule has 0 radical (unpaired) electrons. The van der Waals surface area contributed by atoms with E-state index in [0.717, 1.165) is 4.90 Å². The van der Waals surface area contributed by atoms with Gasteiger partial charge in [-0.15, -0.1) is 0 Å². The number of aromatic nitrogens is 2. The van der Waals surface area contributed by atoms with Crippen molar-refractivity contribution in [3.05, 3.63) is 52.0 Å². The number of fused-ring (bicyclic) bond motifs is 1. The Balaban J connectivity index is 2.02. The van der Waals surface area contributed by atoms with Gasteiger partial charge in [0.05, 0.1) is 6.20 Å². The third-order valence-corrected chi connectivity index (χ3v) is 4.44. The minimum atomic E-state index is -4.55. The first-order chi connectivity index (χ1) is 10.8. The smallest absolute Gasteiger partial charge is 0.322 e. The minimum Gasteiger partial charge on any atom is -0.322 e. The highest BCUT2D eigenvalue weighted by Gasteiger charge is 2.48. The van der Waals surface area contributed by atoms with Crippen molar-refractivity contribution in [3.63, 3.8) is 0 Å². The van der Waals surface area contributed by atoms with E-state index < -0.39 is 18.1 Å². The number of imidazole rings is 1. The number of hydrogen-bond acceptors (Lipinski definition) is 2. The fourth-order valence-corrected chi connectivity index (χ4v) is 3.08. The summed E-state index contributed by atoms with van der Waals surface area (Å²) in [5, 5.41) is 0. The van der Waals surface area contributed by atoms with Gasteiger partial charge in [0.15, 0.2) is 6.04 Å². The quantitative estimate of drug-likeness (QED) is 0.787. The van der Waals surface area contributed by atoms with Crippen LogP contribution >= 0.6 is 15.9 Å². The molecule has 3 rings (SSSR count). The van der Waals surface area contributed by atoms with E-state index >= 15 is 0 Å². The molecule has 122 valence electrons. The molecule has 8 heteroatoms. The van der Waals surface area contributed by atoms with Crippen LogP contribution in [-0.4, -0.2) is 33.1 Å². The van der Waals surface area contributed by atoms with E-state index in [1.807, 2.05) is 0 Å². The standard InChI is InChI=1S/C15H13BrF3N3O/c1-9-20-8-12-14(23)22(7-6-21(9)12)13(15(17,18)19)10-2-4-11(16)5-3-10/h2-5,8,13H,6-7H2,1H3. The number of carbonyl (C=O) groups excluding carboxylic acids is 1. The van der Waals surface area contributed by atoms with Crippen LogP contribution in [0.4, 0.5) is 13.2 Å². The molecule has 1 aromatic carbocycles. The fraction of sp³-hybridized carbons (Fsp3) is 0.333. The van der Waals surface area contributed by atoms with Crippen molar-refractivity contribution in [1.82, 2.24) is 14.5 Å². The predicted octanol–water partition coefficient (Wildman–Crippen LogP) is 3.71. The predicted molar refractivity (Wildman–Crippen MR) is 80.9 cm³/mol. The molecule has 1 amide bonds. The van der Waals surface area contributed by atoms with Crippen molar-refractivity contribution in [2.45, 2.75) is 25.7 Å². The summed E-state index contributed by atoms with van der Waals surface area (Å²) in [6.45, 7) is 2.02. The van der Waals surface area contributed by atoms with Gasteiger partial charge in [-0.25, -0.2) is 4.98 Å². The number of amides is 1. The van der Waals surface area contributed by atoms with Crippen molar-refractivity contribution < 1.29 is 18.0 Å². The maximum Gasteiger partial charge on any atom is 0.413 e. The molecule has 1 aromatic heterocycles. The van der Waals surface area contributed by atoms with Gasteiger partial charge < -0.3 is 9.47 Å². The maximum atomic E-state index is 13.6. The van der Waals surface area contributed by atoms with Gasteiger partial charge in [-0.1, -0.05) is 28.1 Å². The fourth-order valence-electron chi connectivity index (χ4n) is 2.81. The van der Waals surface area contributed by atoms with Gasteiger partial charge in [0.1, 0.15) is 11.5 Å². The molecule has 0 saturated heterocycles. The molecule has 1 aliphatic rings. The SMILES string of the molecule is Cc1ncc2n1CCN(C(c1ccc(Br)cc1)C(F)(F)F)C2=O. The monoisotopic (exact) mass is 387 g/mol. The second-order valence-electron chi connectivity index (χ2n) is 5.34. The third kappa shape index (κ3) is 2.87. The molecular formula is C15H13BrF3N3O. The van der Waals surface area contributed by atoms with Crippen LogP contribution < -0.4 is 0 Å². The Morgan fingerprint density at radius 3 is 2.48 bits per heavy atom. The first-order valence-electron chi connectivity index (χ1n) is 6.94. The normalized spacial score (nSPS) is 16.4. The van der Waals surface area contributed by atoms with Crippen molar-refractivity contribution in [3.8, 4) is 0 Å². The maximum absolute atomic E-state index is 13.6. The summed E-state index contributed by atoms with van der Waals surface area (Å²) in [5.74, 6) is -0.0257. The van der Waals surface area contributed by atoms with Crippen molar-refractivity contribution in [2.24, 2.45) is 0 Å². The van der Waals surface area contributed by atoms with Gasteiger partial charge in [-0.2, -0.15) is 13.2 Å². The minimum absolute atomic E-state index is 0.0106. The summed E-state index contributed by atoms with van der Waals surface area (Å²) in [6.07, 6.45) is -3.22. The van der Waals surface area contributed by atoms with E-state index in [1.54, 1.807) is 11.5 Å². The zero-order chi connectivity index (χ0) is 16.8. The van der Waals surface area contributed by atoms with E-state index in [4.69, 9.17) is 0 Å². The molecule has 1 unspecified atom stereocenters. The summed E-state index contributed by atoms with van der Waals surface area (Å²) in [7, 11) is 0. The Morgan fingerprint density at radius 1 is 1.22 bits per heavy atom. The van der Waals surface area contributed by atoms with Crippen LogP contribution in [0.5, 0.6) is 0 Å². The average Bonchev–Trinajstić information content (AvgIpc) is 2.85. The zero-order valence-corrected chi connectivity index (χ0v) is 13.7. The molecule has 1 aliphatic heterocycles. The lowest BCUT2D eigenvalue weighted by Crippen LogP contribution is -2.47. The first-order valence-corrected chi connectivity index (χ1v) is 7.73. The molecule has 0 aliphatic carbocycles. The van der Waals surface area contributed by atoms with Crippen molar-refractivity contribution >= 4 is 21.8 Å². The summed E-state index contributed by atoms with van der Waals surface area (Å²) in [5.41, 5.74) is 0.235. The third-order valence-electron chi connectivity index (χ3n) is 3.91. The first kappa shape index (κ1) is 16.0. The second-order valence-corrected chi connectivity index (χ2v) is 6.25. The molecule has 0 N–H and O–H groups in total. The largest absolute Gasteiger partial charge is 0.413 e. The van der Waals surface area contributed by atoms with E-state index in [0.29, 0.717) is 16.8 Å². The van der Waals surface area contributed by atoms with E-state index in [-0.39, 0.29) is 17.8 Å². The molecule has 0 fully saturated rings. The lowest BCUT2D eigenvalue weighted by molar-refractivity contribution is -0.180. The molecule has 1 atom stereocenters. The number of carbonyl (C=O) groups is 1. The van der Waals surface area contributed by atoms with Crippen LogP contribution in [0, 0.1) is 6.92 Å². The van der Waals surface area contributed by atoms with Gasteiger partial charge in [0, 0.05) is 17.6 Å². The molecule has 2 aromatic rings. The molecule has 23 heavy (non-hydrogen) atoms. The topological polar surface area (TPSA) is 38.1 Å². The number of hydrogen-bond donors (Lipinski definition) is 0. The van der Waals surface area contributed by atoms with Crippen LogP contribution in [0.25, 0.3) is 0 Å². The van der Waals surface area contributed by atoms with Gasteiger partial charge in [0.25, 0.3) is 5.91 Å². The Bertz CT molecular complexity index is 739. The van der Waals surface area contributed by atoms with E-state index in [9.17, 15) is 18.0 Å². The van der Waals surface area contributed by atoms with Crippen LogP contribution in [0.2, 0.25) is 0 Å². The number of benzene rings is 1. The van der Waals surface area contributed by atoms with E-state index in [1.165, 1.54) is 30.5 Å². The number of halogens is 4. The summed E-state index contributed by atoms with van der Waals surface area (Å²) >= 11 is 3.20. The second kappa shape index (κ2) is 5.67. The van der Waals surface area contributed by atoms with Gasteiger partial charge in [-0.3, -0.25) is 4.79 Å². The highest BCUT2D eigenvalue weighted by Crippen LogP contribution is 2.39. The lowest BCUT2D eigenvalue weighted by atomic mass is 10.0. The molecular weight excluding hydrogens is 375 g/mol. The molecule has 0 bridgehead atoms. The van der Waals surface area contributed by atoms with Gasteiger partial charge >= 0.3 is 6.18 Å². The van der Waals surface area contributed by atoms with E-state index in [2.05, 4.69) is 20.9 Å². The Morgan fingerprint density at radius 2 is 1.87 bits per heavy atom. The highest BCUT2D eigenvalue weighted by molar-refractivity contribution is 9.10. The molecule has 0 spiro atoms. The van der Waals surface area contributed by atoms with Crippen LogP contribution in [-0.2, 0) is 6.54 Å². The van der Waals surface area contributed by atoms with Gasteiger partial charge in [-0.05, 0) is 24.6 Å². The molecule has 0 saturated carbocycles. The van der Waals surface area contributed by atoms with Crippen molar-refractivity contribution in [1.29, 1.82) is 0 Å². The molecule has 4 nitrogen and oxygen atoms in total. The zero-order valence-electron chi connectivity index (χ0n) is 12.1. The summed E-state index contributed by atoms with van der Waals surface area (Å²) in [4.78, 5) is 17.4. The average molecular weight is 388 g/mol. The van der Waals surface area contributed by atoms with Crippen molar-refractivity contribution in [2.75, 3.05) is 6.54 Å².